The van der Waals surface area contributed by atoms with E-state index in [-0.39, 0.29) is 17.7 Å². The normalized spacial score (nSPS) is 12.3. The second kappa shape index (κ2) is 5.85. The Morgan fingerprint density at radius 3 is 2.52 bits per heavy atom. The number of aromatic nitrogens is 2. The Morgan fingerprint density at radius 2 is 1.76 bits per heavy atom. The Kier molecular flexibility index (Phi) is 3.75. The van der Waals surface area contributed by atoms with E-state index in [2.05, 4.69) is 10.1 Å². The number of nitrogens with zero attached hydrogens (tertiary/aromatic N) is 2. The fraction of sp³-hybridized carbons (Fsp3) is 0.125. The zero-order chi connectivity index (χ0) is 14.7. The maximum Gasteiger partial charge on any atom is 0.228 e. The van der Waals surface area contributed by atoms with E-state index >= 15 is 0 Å². The Labute approximate surface area is 121 Å². The largest absolute Gasteiger partial charge is 0.339 e. The molecule has 1 atom stereocenters. The van der Waals surface area contributed by atoms with Crippen molar-refractivity contribution in [3.63, 3.8) is 0 Å². The zero-order valence-corrected chi connectivity index (χ0v) is 11.2. The van der Waals surface area contributed by atoms with Gasteiger partial charge in [0.2, 0.25) is 11.7 Å². The van der Waals surface area contributed by atoms with Gasteiger partial charge in [0.15, 0.2) is 0 Å². The summed E-state index contributed by atoms with van der Waals surface area (Å²) in [7, 11) is 0. The molecule has 2 N–H and O–H groups in total. The first-order valence-corrected chi connectivity index (χ1v) is 6.62. The van der Waals surface area contributed by atoms with Gasteiger partial charge in [0.25, 0.3) is 0 Å². The van der Waals surface area contributed by atoms with E-state index in [1.165, 1.54) is 6.07 Å². The van der Waals surface area contributed by atoms with Crippen LogP contribution in [0.4, 0.5) is 4.39 Å². The standard InChI is InChI=1S/C16H14FN3O/c17-13-9-5-4-8-12(13)16-19-15(21-20-16)10-14(18)11-6-2-1-3-7-11/h1-9,14H,10,18H2. The van der Waals surface area contributed by atoms with Crippen molar-refractivity contribution in [2.24, 2.45) is 5.73 Å². The second-order valence-corrected chi connectivity index (χ2v) is 4.71. The summed E-state index contributed by atoms with van der Waals surface area (Å²) >= 11 is 0. The molecular formula is C16H14FN3O. The number of nitrogens with two attached hydrogens (primary N) is 1. The number of benzene rings is 2. The molecule has 5 heteroatoms. The monoisotopic (exact) mass is 283 g/mol. The van der Waals surface area contributed by atoms with Gasteiger partial charge in [0.05, 0.1) is 5.56 Å². The van der Waals surface area contributed by atoms with Crippen LogP contribution in [0.15, 0.2) is 59.1 Å². The lowest BCUT2D eigenvalue weighted by Crippen LogP contribution is -2.13. The highest BCUT2D eigenvalue weighted by Gasteiger charge is 2.15. The maximum atomic E-state index is 13.7. The molecule has 3 aromatic rings. The molecule has 0 radical (unpaired) electrons. The molecule has 0 fully saturated rings. The van der Waals surface area contributed by atoms with E-state index in [0.29, 0.717) is 17.9 Å². The fourth-order valence-electron chi connectivity index (χ4n) is 2.10. The smallest absolute Gasteiger partial charge is 0.228 e. The van der Waals surface area contributed by atoms with Gasteiger partial charge in [0, 0.05) is 12.5 Å². The molecule has 3 rings (SSSR count). The SMILES string of the molecule is NC(Cc1nc(-c2ccccc2F)no1)c1ccccc1. The summed E-state index contributed by atoms with van der Waals surface area (Å²) in [5.74, 6) is 0.255. The molecule has 1 aromatic heterocycles. The van der Waals surface area contributed by atoms with Gasteiger partial charge in [-0.25, -0.2) is 4.39 Å². The maximum absolute atomic E-state index is 13.7. The molecule has 0 aliphatic carbocycles. The number of hydrogen-bond donors (Lipinski definition) is 1. The molecule has 0 aliphatic rings. The van der Waals surface area contributed by atoms with Gasteiger partial charge in [-0.15, -0.1) is 0 Å². The van der Waals surface area contributed by atoms with Crippen LogP contribution in [0.2, 0.25) is 0 Å². The third-order valence-corrected chi connectivity index (χ3v) is 3.21. The highest BCUT2D eigenvalue weighted by atomic mass is 19.1. The molecule has 1 heterocycles. The van der Waals surface area contributed by atoms with Gasteiger partial charge in [-0.1, -0.05) is 47.6 Å². The van der Waals surface area contributed by atoms with Crippen molar-refractivity contribution in [3.05, 3.63) is 71.9 Å². The van der Waals surface area contributed by atoms with Crippen molar-refractivity contribution in [2.45, 2.75) is 12.5 Å². The summed E-state index contributed by atoms with van der Waals surface area (Å²) in [5.41, 5.74) is 7.41. The van der Waals surface area contributed by atoms with Crippen LogP contribution in [0.5, 0.6) is 0 Å². The Hall–Kier alpha value is -2.53. The summed E-state index contributed by atoms with van der Waals surface area (Å²) in [6.07, 6.45) is 0.408. The van der Waals surface area contributed by atoms with Crippen LogP contribution in [0.3, 0.4) is 0 Å². The Bertz CT molecular complexity index is 727. The highest BCUT2D eigenvalue weighted by molar-refractivity contribution is 5.54. The minimum absolute atomic E-state index is 0.236. The Morgan fingerprint density at radius 1 is 1.05 bits per heavy atom. The number of hydrogen-bond acceptors (Lipinski definition) is 4. The minimum Gasteiger partial charge on any atom is -0.339 e. The molecule has 21 heavy (non-hydrogen) atoms. The van der Waals surface area contributed by atoms with E-state index in [1.54, 1.807) is 18.2 Å². The van der Waals surface area contributed by atoms with Crippen molar-refractivity contribution >= 4 is 0 Å². The molecular weight excluding hydrogens is 269 g/mol. The lowest BCUT2D eigenvalue weighted by molar-refractivity contribution is 0.370. The lowest BCUT2D eigenvalue weighted by Gasteiger charge is -2.08. The quantitative estimate of drug-likeness (QED) is 0.799. The minimum atomic E-state index is -0.378. The van der Waals surface area contributed by atoms with Gasteiger partial charge in [-0.3, -0.25) is 0 Å². The zero-order valence-electron chi connectivity index (χ0n) is 11.2. The average molecular weight is 283 g/mol. The summed E-state index contributed by atoms with van der Waals surface area (Å²) in [4.78, 5) is 4.21. The van der Waals surface area contributed by atoms with E-state index in [4.69, 9.17) is 10.3 Å². The van der Waals surface area contributed by atoms with Gasteiger partial charge < -0.3 is 10.3 Å². The summed E-state index contributed by atoms with van der Waals surface area (Å²) in [5, 5.41) is 3.81. The molecule has 0 bridgehead atoms. The predicted octanol–water partition coefficient (Wildman–Crippen LogP) is 3.12. The molecule has 0 aliphatic heterocycles. The lowest BCUT2D eigenvalue weighted by atomic mass is 10.1. The van der Waals surface area contributed by atoms with Gasteiger partial charge in [-0.05, 0) is 17.7 Å². The van der Waals surface area contributed by atoms with E-state index in [1.807, 2.05) is 30.3 Å². The van der Waals surface area contributed by atoms with Crippen molar-refractivity contribution in [3.8, 4) is 11.4 Å². The van der Waals surface area contributed by atoms with Gasteiger partial charge >= 0.3 is 0 Å². The van der Waals surface area contributed by atoms with E-state index < -0.39 is 0 Å². The van der Waals surface area contributed by atoms with Crippen molar-refractivity contribution in [1.29, 1.82) is 0 Å². The van der Waals surface area contributed by atoms with Crippen molar-refractivity contribution in [2.75, 3.05) is 0 Å². The predicted molar refractivity (Wildman–Crippen MR) is 76.8 cm³/mol. The molecule has 0 saturated carbocycles. The average Bonchev–Trinajstić information content (AvgIpc) is 2.97. The topological polar surface area (TPSA) is 64.9 Å². The van der Waals surface area contributed by atoms with E-state index in [9.17, 15) is 4.39 Å². The van der Waals surface area contributed by atoms with Crippen LogP contribution < -0.4 is 5.73 Å². The Balaban J connectivity index is 1.78. The highest BCUT2D eigenvalue weighted by Crippen LogP contribution is 2.21. The third kappa shape index (κ3) is 2.98. The van der Waals surface area contributed by atoms with Crippen molar-refractivity contribution in [1.82, 2.24) is 10.1 Å². The van der Waals surface area contributed by atoms with Crippen LogP contribution in [0.1, 0.15) is 17.5 Å². The molecule has 0 spiro atoms. The summed E-state index contributed by atoms with van der Waals surface area (Å²) < 4.78 is 18.8. The van der Waals surface area contributed by atoms with Crippen LogP contribution in [-0.2, 0) is 6.42 Å². The van der Waals surface area contributed by atoms with Crippen molar-refractivity contribution < 1.29 is 8.91 Å². The molecule has 106 valence electrons. The van der Waals surface area contributed by atoms with Crippen LogP contribution in [0.25, 0.3) is 11.4 Å². The number of rotatable bonds is 4. The van der Waals surface area contributed by atoms with Gasteiger partial charge in [-0.2, -0.15) is 4.98 Å². The fourth-order valence-corrected chi connectivity index (χ4v) is 2.10. The van der Waals surface area contributed by atoms with Gasteiger partial charge in [0.1, 0.15) is 5.82 Å². The number of halogens is 1. The summed E-state index contributed by atoms with van der Waals surface area (Å²) in [6, 6.07) is 15.7. The van der Waals surface area contributed by atoms with Crippen LogP contribution in [-0.4, -0.2) is 10.1 Å². The summed E-state index contributed by atoms with van der Waals surface area (Å²) in [6.45, 7) is 0. The second-order valence-electron chi connectivity index (χ2n) is 4.71. The molecule has 2 aromatic carbocycles. The molecule has 0 saturated heterocycles. The first-order chi connectivity index (χ1) is 10.2. The molecule has 1 unspecified atom stereocenters. The molecule has 0 amide bonds. The van der Waals surface area contributed by atoms with E-state index in [0.717, 1.165) is 5.56 Å². The third-order valence-electron chi connectivity index (χ3n) is 3.21. The first-order valence-electron chi connectivity index (χ1n) is 6.62. The first kappa shape index (κ1) is 13.5. The van der Waals surface area contributed by atoms with Crippen LogP contribution in [0, 0.1) is 5.82 Å². The molecule has 4 nitrogen and oxygen atoms in total. The van der Waals surface area contributed by atoms with Crippen LogP contribution >= 0.6 is 0 Å².